The molecule has 0 aliphatic carbocycles. The molecule has 0 aliphatic rings. The molecule has 0 aliphatic heterocycles. The molecule has 0 fully saturated rings. The van der Waals surface area contributed by atoms with E-state index in [0.29, 0.717) is 4.34 Å². The lowest BCUT2D eigenvalue weighted by Crippen LogP contribution is -1.84. The fraction of sp³-hybridized carbons (Fsp3) is 0.333. The lowest BCUT2D eigenvalue weighted by atomic mass is 10.3. The molecule has 2 aromatic heterocycles. The maximum atomic E-state index is 5.89. The lowest BCUT2D eigenvalue weighted by molar-refractivity contribution is 0.528. The Labute approximate surface area is 101 Å². The fourth-order valence-corrected chi connectivity index (χ4v) is 2.85. The highest BCUT2D eigenvalue weighted by Crippen LogP contribution is 2.25. The van der Waals surface area contributed by atoms with Gasteiger partial charge in [-0.05, 0) is 18.6 Å². The minimum atomic E-state index is 0.679. The monoisotopic (exact) mass is 260 g/mol. The molecular formula is C9H9ClN2OS2. The average Bonchev–Trinajstić information content (AvgIpc) is 2.78. The summed E-state index contributed by atoms with van der Waals surface area (Å²) in [7, 11) is 0. The number of hydrogen-bond acceptors (Lipinski definition) is 5. The lowest BCUT2D eigenvalue weighted by Gasteiger charge is -1.97. The summed E-state index contributed by atoms with van der Waals surface area (Å²) in [5.41, 5.74) is 2.04. The summed E-state index contributed by atoms with van der Waals surface area (Å²) in [5, 5.41) is 3.94. The molecule has 0 amide bonds. The number of hydrogen-bond donors (Lipinski definition) is 0. The average molecular weight is 261 g/mol. The van der Waals surface area contributed by atoms with Crippen LogP contribution in [0.2, 0.25) is 4.34 Å². The van der Waals surface area contributed by atoms with Crippen molar-refractivity contribution in [2.45, 2.75) is 18.4 Å². The van der Waals surface area contributed by atoms with Gasteiger partial charge in [0.1, 0.15) is 15.8 Å². The van der Waals surface area contributed by atoms with Gasteiger partial charge in [0.2, 0.25) is 0 Å². The molecule has 0 aromatic carbocycles. The number of furan rings is 1. The highest BCUT2D eigenvalue weighted by molar-refractivity contribution is 7.97. The van der Waals surface area contributed by atoms with Gasteiger partial charge >= 0.3 is 0 Å². The van der Waals surface area contributed by atoms with E-state index in [0.717, 1.165) is 23.0 Å². The van der Waals surface area contributed by atoms with Crippen molar-refractivity contribution in [1.29, 1.82) is 0 Å². The first kappa shape index (κ1) is 11.0. The van der Waals surface area contributed by atoms with Crippen molar-refractivity contribution >= 4 is 34.9 Å². The number of aromatic nitrogens is 2. The third-order valence-electron chi connectivity index (χ3n) is 1.95. The summed E-state index contributed by atoms with van der Waals surface area (Å²) < 4.78 is 9.78. The number of rotatable bonds is 4. The molecule has 0 saturated carbocycles. The second kappa shape index (κ2) is 5.01. The molecule has 0 spiro atoms. The van der Waals surface area contributed by atoms with Gasteiger partial charge in [-0.3, -0.25) is 0 Å². The van der Waals surface area contributed by atoms with E-state index in [1.807, 2.05) is 13.0 Å². The smallest absolute Gasteiger partial charge is 0.138 e. The first-order chi connectivity index (χ1) is 7.27. The van der Waals surface area contributed by atoms with Crippen LogP contribution >= 0.6 is 34.9 Å². The minimum Gasteiger partial charge on any atom is -0.468 e. The van der Waals surface area contributed by atoms with Crippen molar-refractivity contribution in [2.75, 3.05) is 0 Å². The Kier molecular flexibility index (Phi) is 3.66. The van der Waals surface area contributed by atoms with E-state index < -0.39 is 0 Å². The van der Waals surface area contributed by atoms with Gasteiger partial charge in [-0.2, -0.15) is 0 Å². The Balaban J connectivity index is 1.86. The van der Waals surface area contributed by atoms with Gasteiger partial charge in [0.15, 0.2) is 0 Å². The molecule has 6 heteroatoms. The molecule has 0 atom stereocenters. The molecule has 15 heavy (non-hydrogen) atoms. The third kappa shape index (κ3) is 2.74. The van der Waals surface area contributed by atoms with E-state index in [1.54, 1.807) is 18.0 Å². The highest BCUT2D eigenvalue weighted by atomic mass is 35.5. The Morgan fingerprint density at radius 3 is 3.00 bits per heavy atom. The number of thioether (sulfide) groups is 1. The Morgan fingerprint density at radius 2 is 2.40 bits per heavy atom. The molecule has 0 unspecified atom stereocenters. The molecule has 0 radical (unpaired) electrons. The van der Waals surface area contributed by atoms with Gasteiger partial charge in [-0.1, -0.05) is 16.1 Å². The third-order valence-corrected chi connectivity index (χ3v) is 3.88. The van der Waals surface area contributed by atoms with Crippen molar-refractivity contribution in [3.63, 3.8) is 0 Å². The molecule has 0 saturated heterocycles. The summed E-state index contributed by atoms with van der Waals surface area (Å²) >= 11 is 8.83. The van der Waals surface area contributed by atoms with Crippen LogP contribution in [0.25, 0.3) is 0 Å². The van der Waals surface area contributed by atoms with Crippen LogP contribution in [0.1, 0.15) is 17.0 Å². The van der Waals surface area contributed by atoms with E-state index in [4.69, 9.17) is 16.0 Å². The normalized spacial score (nSPS) is 10.8. The zero-order chi connectivity index (χ0) is 10.7. The van der Waals surface area contributed by atoms with Gasteiger partial charge in [-0.15, -0.1) is 16.9 Å². The van der Waals surface area contributed by atoms with Crippen LogP contribution in [0.5, 0.6) is 0 Å². The predicted octanol–water partition coefficient (Wildman–Crippen LogP) is 3.53. The zero-order valence-corrected chi connectivity index (χ0v) is 10.5. The topological polar surface area (TPSA) is 38.9 Å². The summed E-state index contributed by atoms with van der Waals surface area (Å²) in [5.74, 6) is 2.63. The van der Waals surface area contributed by atoms with Crippen LogP contribution in [0, 0.1) is 6.92 Å². The molecule has 2 heterocycles. The Morgan fingerprint density at radius 1 is 1.53 bits per heavy atom. The number of nitrogens with zero attached hydrogens (tertiary/aromatic N) is 2. The number of aryl methyl sites for hydroxylation is 1. The zero-order valence-electron chi connectivity index (χ0n) is 8.07. The largest absolute Gasteiger partial charge is 0.468 e. The molecule has 0 bridgehead atoms. The van der Waals surface area contributed by atoms with E-state index in [9.17, 15) is 0 Å². The summed E-state index contributed by atoms with van der Waals surface area (Å²) in [6.45, 7) is 2.04. The second-order valence-electron chi connectivity index (χ2n) is 3.01. The standard InChI is InChI=1S/C9H9ClN2OS2/c1-6-2-3-13-8(6)5-14-4-7-9(10)15-12-11-7/h2-3H,4-5H2,1H3. The first-order valence-electron chi connectivity index (χ1n) is 4.35. The SMILES string of the molecule is Cc1ccoc1CSCc1nnsc1Cl. The van der Waals surface area contributed by atoms with Gasteiger partial charge in [0.05, 0.1) is 12.0 Å². The molecular weight excluding hydrogens is 252 g/mol. The van der Waals surface area contributed by atoms with Crippen LogP contribution in [0.15, 0.2) is 16.7 Å². The predicted molar refractivity (Wildman–Crippen MR) is 63.4 cm³/mol. The molecule has 2 aromatic rings. The fourth-order valence-electron chi connectivity index (χ4n) is 1.08. The van der Waals surface area contributed by atoms with Crippen LogP contribution in [-0.4, -0.2) is 9.59 Å². The van der Waals surface area contributed by atoms with Crippen molar-refractivity contribution < 1.29 is 4.42 Å². The van der Waals surface area contributed by atoms with Crippen molar-refractivity contribution in [1.82, 2.24) is 9.59 Å². The number of halogens is 1. The van der Waals surface area contributed by atoms with E-state index in [1.165, 1.54) is 17.1 Å². The maximum absolute atomic E-state index is 5.89. The molecule has 2 rings (SSSR count). The van der Waals surface area contributed by atoms with Crippen LogP contribution < -0.4 is 0 Å². The van der Waals surface area contributed by atoms with Crippen LogP contribution in [0.4, 0.5) is 0 Å². The molecule has 80 valence electrons. The van der Waals surface area contributed by atoms with Crippen LogP contribution in [0.3, 0.4) is 0 Å². The van der Waals surface area contributed by atoms with Crippen LogP contribution in [-0.2, 0) is 11.5 Å². The van der Waals surface area contributed by atoms with Crippen molar-refractivity contribution in [2.24, 2.45) is 0 Å². The van der Waals surface area contributed by atoms with E-state index in [2.05, 4.69) is 9.59 Å². The quantitative estimate of drug-likeness (QED) is 0.843. The van der Waals surface area contributed by atoms with Gasteiger partial charge in [0.25, 0.3) is 0 Å². The van der Waals surface area contributed by atoms with Crippen molar-refractivity contribution in [3.05, 3.63) is 33.7 Å². The molecule has 3 nitrogen and oxygen atoms in total. The van der Waals surface area contributed by atoms with Gasteiger partial charge in [-0.25, -0.2) is 0 Å². The van der Waals surface area contributed by atoms with Crippen molar-refractivity contribution in [3.8, 4) is 0 Å². The Bertz CT molecular complexity index is 401. The maximum Gasteiger partial charge on any atom is 0.138 e. The summed E-state index contributed by atoms with van der Waals surface area (Å²) in [6, 6.07) is 1.97. The van der Waals surface area contributed by atoms with E-state index in [-0.39, 0.29) is 0 Å². The van der Waals surface area contributed by atoms with Gasteiger partial charge < -0.3 is 4.42 Å². The second-order valence-corrected chi connectivity index (χ2v) is 5.35. The minimum absolute atomic E-state index is 0.679. The Hall–Kier alpha value is -0.520. The van der Waals surface area contributed by atoms with E-state index >= 15 is 0 Å². The van der Waals surface area contributed by atoms with Gasteiger partial charge in [0, 0.05) is 17.3 Å². The summed E-state index contributed by atoms with van der Waals surface area (Å²) in [6.07, 6.45) is 1.71. The first-order valence-corrected chi connectivity index (χ1v) is 6.65. The summed E-state index contributed by atoms with van der Waals surface area (Å²) in [4.78, 5) is 0. The molecule has 0 N–H and O–H groups in total. The highest BCUT2D eigenvalue weighted by Gasteiger charge is 2.07.